The highest BCUT2D eigenvalue weighted by Crippen LogP contribution is 2.25. The molecule has 5 nitrogen and oxygen atoms in total. The van der Waals surface area contributed by atoms with Gasteiger partial charge in [-0.2, -0.15) is 0 Å². The molecule has 1 aromatic rings. The van der Waals surface area contributed by atoms with Crippen LogP contribution in [0.25, 0.3) is 0 Å². The van der Waals surface area contributed by atoms with Gasteiger partial charge in [0.2, 0.25) is 0 Å². The van der Waals surface area contributed by atoms with Gasteiger partial charge in [0.25, 0.3) is 0 Å². The van der Waals surface area contributed by atoms with Crippen molar-refractivity contribution in [1.82, 2.24) is 15.2 Å². The molecule has 0 spiro atoms. The smallest absolute Gasteiger partial charge is 0.185 e. The standard InChI is InChI=1S/C14H26N4OS/c1-17(2)13-4-7-18(8-5-13)14-16-12(11-20-14)10-15-6-9-19-3/h11,13,15H,4-10H2,1-3H3. The van der Waals surface area contributed by atoms with Crippen LogP contribution in [0.1, 0.15) is 18.5 Å². The van der Waals surface area contributed by atoms with Crippen LogP contribution in [-0.2, 0) is 11.3 Å². The second-order valence-corrected chi connectivity index (χ2v) is 6.31. The predicted octanol–water partition coefficient (Wildman–Crippen LogP) is 1.41. The number of hydrogen-bond donors (Lipinski definition) is 1. The van der Waals surface area contributed by atoms with Crippen LogP contribution in [0.2, 0.25) is 0 Å². The lowest BCUT2D eigenvalue weighted by molar-refractivity contribution is 0.199. The summed E-state index contributed by atoms with van der Waals surface area (Å²) in [5, 5.41) is 6.67. The number of anilines is 1. The van der Waals surface area contributed by atoms with Crippen LogP contribution in [0.15, 0.2) is 5.38 Å². The van der Waals surface area contributed by atoms with Crippen LogP contribution < -0.4 is 10.2 Å². The fraction of sp³-hybridized carbons (Fsp3) is 0.786. The van der Waals surface area contributed by atoms with E-state index in [0.717, 1.165) is 44.5 Å². The summed E-state index contributed by atoms with van der Waals surface area (Å²) < 4.78 is 5.02. The maximum absolute atomic E-state index is 5.02. The largest absolute Gasteiger partial charge is 0.383 e. The average Bonchev–Trinajstić information content (AvgIpc) is 2.92. The van der Waals surface area contributed by atoms with E-state index in [1.807, 2.05) is 0 Å². The lowest BCUT2D eigenvalue weighted by Crippen LogP contribution is -2.41. The highest BCUT2D eigenvalue weighted by Gasteiger charge is 2.22. The van der Waals surface area contributed by atoms with Gasteiger partial charge < -0.3 is 19.9 Å². The fourth-order valence-electron chi connectivity index (χ4n) is 2.49. The maximum Gasteiger partial charge on any atom is 0.185 e. The minimum atomic E-state index is 0.724. The monoisotopic (exact) mass is 298 g/mol. The van der Waals surface area contributed by atoms with E-state index >= 15 is 0 Å². The van der Waals surface area contributed by atoms with Crippen LogP contribution in [-0.4, -0.2) is 63.4 Å². The number of aromatic nitrogens is 1. The van der Waals surface area contributed by atoms with Crippen molar-refractivity contribution in [3.63, 3.8) is 0 Å². The molecule has 1 saturated heterocycles. The molecular weight excluding hydrogens is 272 g/mol. The molecule has 0 aliphatic carbocycles. The topological polar surface area (TPSA) is 40.6 Å². The Bertz CT molecular complexity index is 388. The summed E-state index contributed by atoms with van der Waals surface area (Å²) in [6.45, 7) is 4.68. The summed E-state index contributed by atoms with van der Waals surface area (Å²) in [7, 11) is 6.07. The van der Waals surface area contributed by atoms with Crippen molar-refractivity contribution in [2.75, 3.05) is 52.3 Å². The zero-order chi connectivity index (χ0) is 14.4. The molecule has 20 heavy (non-hydrogen) atoms. The van der Waals surface area contributed by atoms with E-state index in [1.54, 1.807) is 18.4 Å². The summed E-state index contributed by atoms with van der Waals surface area (Å²) >= 11 is 1.76. The first-order valence-corrected chi connectivity index (χ1v) is 8.14. The van der Waals surface area contributed by atoms with Crippen molar-refractivity contribution < 1.29 is 4.74 Å². The number of nitrogens with zero attached hydrogens (tertiary/aromatic N) is 3. The predicted molar refractivity (Wildman–Crippen MR) is 84.6 cm³/mol. The van der Waals surface area contributed by atoms with E-state index in [1.165, 1.54) is 18.0 Å². The van der Waals surface area contributed by atoms with Crippen LogP contribution in [0, 0.1) is 0 Å². The first kappa shape index (κ1) is 15.7. The number of hydrogen-bond acceptors (Lipinski definition) is 6. The Morgan fingerprint density at radius 3 is 2.85 bits per heavy atom. The molecule has 0 unspecified atom stereocenters. The summed E-state index contributed by atoms with van der Waals surface area (Å²) in [4.78, 5) is 9.49. The van der Waals surface area contributed by atoms with Gasteiger partial charge >= 0.3 is 0 Å². The molecule has 0 bridgehead atoms. The molecular formula is C14H26N4OS. The Labute approximate surface area is 125 Å². The number of piperidine rings is 1. The van der Waals surface area contributed by atoms with Gasteiger partial charge in [-0.15, -0.1) is 11.3 Å². The Morgan fingerprint density at radius 1 is 1.45 bits per heavy atom. The fourth-order valence-corrected chi connectivity index (χ4v) is 3.37. The Morgan fingerprint density at radius 2 is 2.20 bits per heavy atom. The Balaban J connectivity index is 1.78. The van der Waals surface area contributed by atoms with Crippen molar-refractivity contribution in [2.45, 2.75) is 25.4 Å². The molecule has 0 radical (unpaired) electrons. The number of ether oxygens (including phenoxy) is 1. The molecule has 0 atom stereocenters. The van der Waals surface area contributed by atoms with Gasteiger partial charge in [-0.1, -0.05) is 0 Å². The molecule has 6 heteroatoms. The lowest BCUT2D eigenvalue weighted by Gasteiger charge is -2.35. The molecule has 2 rings (SSSR count). The molecule has 0 saturated carbocycles. The second kappa shape index (κ2) is 7.93. The van der Waals surface area contributed by atoms with Gasteiger partial charge in [-0.3, -0.25) is 0 Å². The number of rotatable bonds is 7. The molecule has 0 aromatic carbocycles. The van der Waals surface area contributed by atoms with Crippen molar-refractivity contribution in [3.05, 3.63) is 11.1 Å². The second-order valence-electron chi connectivity index (χ2n) is 5.47. The third-order valence-electron chi connectivity index (χ3n) is 3.79. The van der Waals surface area contributed by atoms with E-state index in [0.29, 0.717) is 0 Å². The van der Waals surface area contributed by atoms with Crippen LogP contribution in [0.3, 0.4) is 0 Å². The summed E-state index contributed by atoms with van der Waals surface area (Å²) in [6.07, 6.45) is 2.46. The molecule has 1 aromatic heterocycles. The van der Waals surface area contributed by atoms with Crippen LogP contribution >= 0.6 is 11.3 Å². The van der Waals surface area contributed by atoms with E-state index in [2.05, 4.69) is 34.6 Å². The molecule has 1 fully saturated rings. The first-order chi connectivity index (χ1) is 9.70. The summed E-state index contributed by atoms with van der Waals surface area (Å²) in [6, 6.07) is 0.724. The van der Waals surface area contributed by atoms with Crippen molar-refractivity contribution in [1.29, 1.82) is 0 Å². The maximum atomic E-state index is 5.02. The minimum Gasteiger partial charge on any atom is -0.383 e. The van der Waals surface area contributed by atoms with Gasteiger partial charge in [0.15, 0.2) is 5.13 Å². The van der Waals surface area contributed by atoms with Crippen LogP contribution in [0.5, 0.6) is 0 Å². The Kier molecular flexibility index (Phi) is 6.22. The molecule has 1 aliphatic rings. The average molecular weight is 298 g/mol. The lowest BCUT2D eigenvalue weighted by atomic mass is 10.0. The first-order valence-electron chi connectivity index (χ1n) is 7.26. The number of thiazole rings is 1. The van der Waals surface area contributed by atoms with Crippen molar-refractivity contribution >= 4 is 16.5 Å². The van der Waals surface area contributed by atoms with Gasteiger partial charge in [0.1, 0.15) is 0 Å². The van der Waals surface area contributed by atoms with Crippen molar-refractivity contribution in [3.8, 4) is 0 Å². The van der Waals surface area contributed by atoms with Gasteiger partial charge in [-0.25, -0.2) is 4.98 Å². The van der Waals surface area contributed by atoms with Gasteiger partial charge in [0.05, 0.1) is 12.3 Å². The third-order valence-corrected chi connectivity index (χ3v) is 4.74. The number of methoxy groups -OCH3 is 1. The molecule has 114 valence electrons. The quantitative estimate of drug-likeness (QED) is 0.771. The van der Waals surface area contributed by atoms with E-state index < -0.39 is 0 Å². The summed E-state index contributed by atoms with van der Waals surface area (Å²) in [5.74, 6) is 0. The van der Waals surface area contributed by atoms with Gasteiger partial charge in [-0.05, 0) is 26.9 Å². The highest BCUT2D eigenvalue weighted by atomic mass is 32.1. The molecule has 1 N–H and O–H groups in total. The SMILES string of the molecule is COCCNCc1csc(N2CCC(N(C)C)CC2)n1. The zero-order valence-corrected chi connectivity index (χ0v) is 13.6. The minimum absolute atomic E-state index is 0.724. The van der Waals surface area contributed by atoms with E-state index in [4.69, 9.17) is 9.72 Å². The van der Waals surface area contributed by atoms with Crippen molar-refractivity contribution in [2.24, 2.45) is 0 Å². The van der Waals surface area contributed by atoms with E-state index in [9.17, 15) is 0 Å². The van der Waals surface area contributed by atoms with Crippen LogP contribution in [0.4, 0.5) is 5.13 Å². The zero-order valence-electron chi connectivity index (χ0n) is 12.8. The number of nitrogens with one attached hydrogen (secondary N) is 1. The molecule has 1 aliphatic heterocycles. The normalized spacial score (nSPS) is 17.1. The Hall–Kier alpha value is -0.690. The molecule has 2 heterocycles. The van der Waals surface area contributed by atoms with E-state index in [-0.39, 0.29) is 0 Å². The highest BCUT2D eigenvalue weighted by molar-refractivity contribution is 7.13. The molecule has 0 amide bonds. The third kappa shape index (κ3) is 4.41. The van der Waals surface area contributed by atoms with Gasteiger partial charge in [0, 0.05) is 44.7 Å². The summed E-state index contributed by atoms with van der Waals surface area (Å²) in [5.41, 5.74) is 1.14.